The number of alkyl carbamates (subject to hydrolysis) is 1. The highest BCUT2D eigenvalue weighted by Gasteiger charge is 2.51. The van der Waals surface area contributed by atoms with Crippen molar-refractivity contribution < 1.29 is 52.7 Å². The van der Waals surface area contributed by atoms with Crippen LogP contribution in [0.3, 0.4) is 0 Å². The molecule has 1 aliphatic carbocycles. The number of hydrogen-bond donors (Lipinski definition) is 3. The Morgan fingerprint density at radius 3 is 2.09 bits per heavy atom. The van der Waals surface area contributed by atoms with Crippen LogP contribution in [-0.4, -0.2) is 91.5 Å². The largest absolute Gasteiger partial charge is 0.456 e. The van der Waals surface area contributed by atoms with Crippen LogP contribution in [0.2, 0.25) is 0 Å². The number of hydrogen-bond acceptors (Lipinski definition) is 11. The minimum Gasteiger partial charge on any atom is -0.456 e. The Bertz CT molecular complexity index is 1950. The topological polar surface area (TPSA) is 168 Å². The monoisotopic (exact) mass is 750 g/mol. The fraction of sp³-hybridized carbons (Fsp3) is 0.333. The van der Waals surface area contributed by atoms with Crippen molar-refractivity contribution in [1.29, 1.82) is 0 Å². The van der Waals surface area contributed by atoms with Crippen molar-refractivity contribution in [3.05, 3.63) is 131 Å². The third-order valence-electron chi connectivity index (χ3n) is 9.94. The van der Waals surface area contributed by atoms with Crippen LogP contribution in [0.4, 0.5) is 4.79 Å². The second kappa shape index (κ2) is 16.9. The predicted octanol–water partition coefficient (Wildman–Crippen LogP) is 4.43. The van der Waals surface area contributed by atoms with Gasteiger partial charge in [-0.25, -0.2) is 9.59 Å². The van der Waals surface area contributed by atoms with Gasteiger partial charge in [0.25, 0.3) is 0 Å². The number of aliphatic hydroxyl groups excluding tert-OH is 1. The highest BCUT2D eigenvalue weighted by molar-refractivity contribution is 5.98. The van der Waals surface area contributed by atoms with E-state index in [0.717, 1.165) is 27.8 Å². The molecule has 0 saturated carbocycles. The van der Waals surface area contributed by atoms with Gasteiger partial charge in [0.1, 0.15) is 31.0 Å². The lowest BCUT2D eigenvalue weighted by Gasteiger charge is -2.48. The van der Waals surface area contributed by atoms with E-state index < -0.39 is 79.4 Å². The maximum absolute atomic E-state index is 13.7. The van der Waals surface area contributed by atoms with Gasteiger partial charge < -0.3 is 44.2 Å². The lowest BCUT2D eigenvalue weighted by Crippen LogP contribution is -2.67. The molecular formula is C42H42N2O11. The normalized spacial score (nSPS) is 23.9. The Labute approximate surface area is 317 Å². The Morgan fingerprint density at radius 2 is 1.44 bits per heavy atom. The number of benzene rings is 4. The summed E-state index contributed by atoms with van der Waals surface area (Å²) in [4.78, 5) is 52.3. The summed E-state index contributed by atoms with van der Waals surface area (Å²) >= 11 is 0. The fourth-order valence-electron chi connectivity index (χ4n) is 7.23. The lowest BCUT2D eigenvalue weighted by molar-refractivity contribution is -0.348. The van der Waals surface area contributed by atoms with Crippen LogP contribution in [0.15, 0.2) is 109 Å². The first-order valence-electron chi connectivity index (χ1n) is 18.1. The quantitative estimate of drug-likeness (QED) is 0.138. The number of ether oxygens (including phenoxy) is 6. The van der Waals surface area contributed by atoms with Gasteiger partial charge >= 0.3 is 12.1 Å². The standard InChI is InChI=1S/C42H42N2O11/c1-24(53-41-36(43-25(2)45)37(47)38-34(54-41)23-51-40(55-38)27-15-7-4-8-16-27)35(39(48)50-22-33(46)26-13-5-3-6-14-26)44-42(49)52-21-32-30-19-11-9-17-28(30)29-18-10-12-20-31(29)32/h3-20,24,32,34-38,40-41,47H,21-23H2,1-2H3,(H,43,45)(H,44,49)/t24-,34-,35+,36-,37-,38+,40+,41+/m1/s1. The van der Waals surface area contributed by atoms with Gasteiger partial charge in [0.15, 0.2) is 31.0 Å². The molecule has 286 valence electrons. The van der Waals surface area contributed by atoms with Crippen molar-refractivity contribution in [3.8, 4) is 11.1 Å². The number of ketones is 1. The Hall–Kier alpha value is -5.44. The zero-order valence-electron chi connectivity index (χ0n) is 30.2. The fourth-order valence-corrected chi connectivity index (χ4v) is 7.23. The van der Waals surface area contributed by atoms with E-state index in [1.807, 2.05) is 78.9 Å². The first-order valence-corrected chi connectivity index (χ1v) is 18.1. The smallest absolute Gasteiger partial charge is 0.407 e. The molecule has 4 aromatic rings. The number of Topliss-reactive ketones (excluding diaryl/α,β-unsaturated/α-hetero) is 1. The van der Waals surface area contributed by atoms with E-state index >= 15 is 0 Å². The molecule has 2 heterocycles. The molecule has 13 nitrogen and oxygen atoms in total. The van der Waals surface area contributed by atoms with E-state index in [1.165, 1.54) is 13.8 Å². The lowest BCUT2D eigenvalue weighted by atomic mass is 9.95. The first kappa shape index (κ1) is 37.9. The Morgan fingerprint density at radius 1 is 0.818 bits per heavy atom. The van der Waals surface area contributed by atoms with E-state index in [0.29, 0.717) is 5.56 Å². The van der Waals surface area contributed by atoms with Crippen LogP contribution < -0.4 is 10.6 Å². The van der Waals surface area contributed by atoms with E-state index in [4.69, 9.17) is 28.4 Å². The molecule has 2 aliphatic heterocycles. The molecule has 0 spiro atoms. The van der Waals surface area contributed by atoms with E-state index in [-0.39, 0.29) is 19.1 Å². The van der Waals surface area contributed by atoms with Crippen LogP contribution in [0.5, 0.6) is 0 Å². The van der Waals surface area contributed by atoms with Gasteiger partial charge in [-0.05, 0) is 29.2 Å². The molecule has 55 heavy (non-hydrogen) atoms. The summed E-state index contributed by atoms with van der Waals surface area (Å²) in [6.45, 7) is 2.15. The molecule has 3 N–H and O–H groups in total. The summed E-state index contributed by atoms with van der Waals surface area (Å²) in [5, 5.41) is 16.8. The van der Waals surface area contributed by atoms with Gasteiger partial charge in [0, 0.05) is 24.0 Å². The molecule has 8 atom stereocenters. The van der Waals surface area contributed by atoms with E-state index in [2.05, 4.69) is 10.6 Å². The summed E-state index contributed by atoms with van der Waals surface area (Å²) in [6.07, 6.45) is -7.30. The minimum absolute atomic E-state index is 0.0212. The number of aliphatic hydroxyl groups is 1. The van der Waals surface area contributed by atoms with Gasteiger partial charge in [-0.1, -0.05) is 109 Å². The Balaban J connectivity index is 1.07. The molecule has 0 unspecified atom stereocenters. The molecule has 2 amide bonds. The number of amides is 2. The SMILES string of the molecule is CC(=O)N[C@H]1[C@@H](O[C@H](C)[C@H](NC(=O)OCC2c3ccccc3-c3ccccc32)C(=O)OCC(=O)c2ccccc2)O[C@@H]2CO[C@H](c3ccccc3)O[C@@H]2[C@@H]1O. The number of carbonyl (C=O) groups is 4. The summed E-state index contributed by atoms with van der Waals surface area (Å²) in [5.41, 5.74) is 5.18. The number of fused-ring (bicyclic) bond motifs is 4. The molecule has 13 heteroatoms. The number of nitrogens with one attached hydrogen (secondary N) is 2. The molecule has 0 radical (unpaired) electrons. The maximum Gasteiger partial charge on any atom is 0.407 e. The third-order valence-corrected chi connectivity index (χ3v) is 9.94. The minimum atomic E-state index is -1.52. The summed E-state index contributed by atoms with van der Waals surface area (Å²) in [5.74, 6) is -2.16. The van der Waals surface area contributed by atoms with Gasteiger partial charge in [-0.2, -0.15) is 0 Å². The van der Waals surface area contributed by atoms with Crippen molar-refractivity contribution in [1.82, 2.24) is 10.6 Å². The Kier molecular flexibility index (Phi) is 11.6. The predicted molar refractivity (Wildman–Crippen MR) is 197 cm³/mol. The number of rotatable bonds is 12. The van der Waals surface area contributed by atoms with E-state index in [1.54, 1.807) is 30.3 Å². The molecule has 4 aromatic carbocycles. The maximum atomic E-state index is 13.7. The highest BCUT2D eigenvalue weighted by Crippen LogP contribution is 2.44. The molecule has 2 saturated heterocycles. The van der Waals surface area contributed by atoms with E-state index in [9.17, 15) is 24.3 Å². The average molecular weight is 751 g/mol. The number of carbonyl (C=O) groups excluding carboxylic acids is 4. The van der Waals surface area contributed by atoms with Crippen molar-refractivity contribution in [2.75, 3.05) is 19.8 Å². The van der Waals surface area contributed by atoms with Crippen LogP contribution in [0, 0.1) is 0 Å². The molecule has 0 bridgehead atoms. The zero-order chi connectivity index (χ0) is 38.5. The van der Waals surface area contributed by atoms with Gasteiger partial charge in [-0.3, -0.25) is 9.59 Å². The summed E-state index contributed by atoms with van der Waals surface area (Å²) in [7, 11) is 0. The zero-order valence-corrected chi connectivity index (χ0v) is 30.2. The second-order valence-corrected chi connectivity index (χ2v) is 13.6. The molecular weight excluding hydrogens is 708 g/mol. The molecule has 3 aliphatic rings. The van der Waals surface area contributed by atoms with Crippen molar-refractivity contribution in [2.24, 2.45) is 0 Å². The first-order chi connectivity index (χ1) is 26.7. The van der Waals surface area contributed by atoms with Crippen molar-refractivity contribution in [2.45, 2.75) is 68.8 Å². The van der Waals surface area contributed by atoms with Crippen LogP contribution in [-0.2, 0) is 38.0 Å². The second-order valence-electron chi connectivity index (χ2n) is 13.6. The van der Waals surface area contributed by atoms with Crippen LogP contribution >= 0.6 is 0 Å². The highest BCUT2D eigenvalue weighted by atomic mass is 16.7. The summed E-state index contributed by atoms with van der Waals surface area (Å²) < 4.78 is 35.6. The van der Waals surface area contributed by atoms with Gasteiger partial charge in [-0.15, -0.1) is 0 Å². The summed E-state index contributed by atoms with van der Waals surface area (Å²) in [6, 6.07) is 30.6. The number of esters is 1. The van der Waals surface area contributed by atoms with Crippen LogP contribution in [0.1, 0.15) is 53.1 Å². The van der Waals surface area contributed by atoms with Gasteiger partial charge in [0.2, 0.25) is 5.91 Å². The van der Waals surface area contributed by atoms with Crippen molar-refractivity contribution >= 4 is 23.8 Å². The van der Waals surface area contributed by atoms with Crippen LogP contribution in [0.25, 0.3) is 11.1 Å². The third kappa shape index (κ3) is 8.46. The van der Waals surface area contributed by atoms with Gasteiger partial charge in [0.05, 0.1) is 12.7 Å². The molecule has 7 rings (SSSR count). The van der Waals surface area contributed by atoms with Crippen molar-refractivity contribution in [3.63, 3.8) is 0 Å². The average Bonchev–Trinajstić information content (AvgIpc) is 3.53. The molecule has 0 aromatic heterocycles. The molecule has 2 fully saturated rings.